The molecule has 1 saturated heterocycles. The van der Waals surface area contributed by atoms with Crippen molar-refractivity contribution in [2.24, 2.45) is 5.73 Å². The van der Waals surface area contributed by atoms with Crippen molar-refractivity contribution in [3.05, 3.63) is 77.0 Å². The fraction of sp³-hybridized carbons (Fsp3) is 0.200. The molecular weight excluding hydrogens is 432 g/mol. The molecule has 9 heteroatoms. The second kappa shape index (κ2) is 8.41. The van der Waals surface area contributed by atoms with Crippen molar-refractivity contribution in [2.45, 2.75) is 18.9 Å². The highest BCUT2D eigenvalue weighted by Gasteiger charge is 2.29. The van der Waals surface area contributed by atoms with Gasteiger partial charge >= 0.3 is 0 Å². The molecule has 0 saturated carbocycles. The first-order chi connectivity index (χ1) is 16.5. The highest BCUT2D eigenvalue weighted by Crippen LogP contribution is 2.27. The number of amides is 1. The van der Waals surface area contributed by atoms with Crippen LogP contribution in [0.1, 0.15) is 18.4 Å². The molecule has 0 bridgehead atoms. The van der Waals surface area contributed by atoms with E-state index >= 15 is 0 Å². The maximum absolute atomic E-state index is 13.6. The SMILES string of the molecule is COc1ccc(-n2cc(C#N)c3ncn(-c4ccc(N5CCC[C@H]5C(N)=O)cc4)c(=O)c32)cc1. The van der Waals surface area contributed by atoms with E-state index in [9.17, 15) is 14.9 Å². The van der Waals surface area contributed by atoms with Gasteiger partial charge in [-0.15, -0.1) is 0 Å². The number of benzene rings is 2. The standard InChI is InChI=1S/C25H22N6O3/c1-34-20-10-8-18(9-11-20)30-14-16(13-26)22-23(30)25(33)31(15-28-22)19-6-4-17(5-7-19)29-12-2-3-21(29)24(27)32/h4-11,14-15,21H,2-3,12H2,1H3,(H2,27,32)/t21-/m0/s1. The summed E-state index contributed by atoms with van der Waals surface area (Å²) in [6, 6.07) is 16.4. The van der Waals surface area contributed by atoms with Crippen LogP contribution in [0.3, 0.4) is 0 Å². The fourth-order valence-electron chi connectivity index (χ4n) is 4.50. The number of aromatic nitrogens is 3. The normalized spacial score (nSPS) is 15.4. The summed E-state index contributed by atoms with van der Waals surface area (Å²) in [6.45, 7) is 0.757. The summed E-state index contributed by atoms with van der Waals surface area (Å²) in [5.74, 6) is 0.355. The second-order valence-corrected chi connectivity index (χ2v) is 8.11. The third-order valence-corrected chi connectivity index (χ3v) is 6.21. The van der Waals surface area contributed by atoms with Crippen molar-refractivity contribution in [1.82, 2.24) is 14.1 Å². The first-order valence-corrected chi connectivity index (χ1v) is 10.9. The van der Waals surface area contributed by atoms with Crippen LogP contribution in [0.2, 0.25) is 0 Å². The first kappa shape index (κ1) is 21.3. The predicted octanol–water partition coefficient (Wildman–Crippen LogP) is 2.51. The van der Waals surface area contributed by atoms with E-state index < -0.39 is 0 Å². The Morgan fingerprint density at radius 2 is 1.74 bits per heavy atom. The summed E-state index contributed by atoms with van der Waals surface area (Å²) in [4.78, 5) is 31.7. The molecule has 2 N–H and O–H groups in total. The van der Waals surface area contributed by atoms with Gasteiger partial charge in [0.2, 0.25) is 5.91 Å². The van der Waals surface area contributed by atoms with Crippen LogP contribution in [0.5, 0.6) is 5.75 Å². The van der Waals surface area contributed by atoms with E-state index in [1.165, 1.54) is 10.9 Å². The highest BCUT2D eigenvalue weighted by molar-refractivity contribution is 5.85. The maximum atomic E-state index is 13.6. The molecule has 1 aliphatic rings. The summed E-state index contributed by atoms with van der Waals surface area (Å²) < 4.78 is 8.34. The number of carbonyl (C=O) groups is 1. The van der Waals surface area contributed by atoms with Crippen LogP contribution >= 0.6 is 0 Å². The van der Waals surface area contributed by atoms with Gasteiger partial charge in [0, 0.05) is 24.1 Å². The molecule has 0 radical (unpaired) electrons. The molecule has 0 unspecified atom stereocenters. The van der Waals surface area contributed by atoms with Crippen LogP contribution in [0.4, 0.5) is 5.69 Å². The Morgan fingerprint density at radius 3 is 2.38 bits per heavy atom. The number of hydrogen-bond acceptors (Lipinski definition) is 6. The lowest BCUT2D eigenvalue weighted by Gasteiger charge is -2.24. The van der Waals surface area contributed by atoms with Gasteiger partial charge in [0.05, 0.1) is 18.4 Å². The third-order valence-electron chi connectivity index (χ3n) is 6.21. The molecule has 170 valence electrons. The predicted molar refractivity (Wildman–Crippen MR) is 127 cm³/mol. The molecule has 34 heavy (non-hydrogen) atoms. The lowest BCUT2D eigenvalue weighted by Crippen LogP contribution is -2.40. The largest absolute Gasteiger partial charge is 0.497 e. The van der Waals surface area contributed by atoms with Gasteiger partial charge in [-0.25, -0.2) is 4.98 Å². The van der Waals surface area contributed by atoms with Gasteiger partial charge in [-0.2, -0.15) is 5.26 Å². The molecule has 3 heterocycles. The number of nitrogens with two attached hydrogens (primary N) is 1. The third kappa shape index (κ3) is 3.46. The molecule has 2 aromatic heterocycles. The first-order valence-electron chi connectivity index (χ1n) is 10.9. The summed E-state index contributed by atoms with van der Waals surface area (Å²) in [5, 5.41) is 9.58. The van der Waals surface area contributed by atoms with Crippen LogP contribution in [-0.4, -0.2) is 39.7 Å². The number of ether oxygens (including phenoxy) is 1. The Hall–Kier alpha value is -4.58. The molecule has 1 fully saturated rings. The topological polar surface area (TPSA) is 119 Å². The quantitative estimate of drug-likeness (QED) is 0.495. The molecule has 4 aromatic rings. The van der Waals surface area contributed by atoms with Crippen molar-refractivity contribution in [1.29, 1.82) is 5.26 Å². The van der Waals surface area contributed by atoms with E-state index in [-0.39, 0.29) is 17.5 Å². The summed E-state index contributed by atoms with van der Waals surface area (Å²) in [5.41, 5.74) is 8.43. The van der Waals surface area contributed by atoms with Crippen LogP contribution in [0.25, 0.3) is 22.4 Å². The van der Waals surface area contributed by atoms with Gasteiger partial charge in [-0.3, -0.25) is 14.2 Å². The summed E-state index contributed by atoms with van der Waals surface area (Å²) in [7, 11) is 1.58. The Bertz CT molecular complexity index is 1480. The minimum atomic E-state index is -0.333. The van der Waals surface area contributed by atoms with E-state index in [1.807, 2.05) is 41.3 Å². The molecule has 1 amide bonds. The Kier molecular flexibility index (Phi) is 5.26. The van der Waals surface area contributed by atoms with Gasteiger partial charge in [-0.05, 0) is 61.4 Å². The van der Waals surface area contributed by atoms with E-state index in [0.29, 0.717) is 33.7 Å². The number of hydrogen-bond donors (Lipinski definition) is 1. The van der Waals surface area contributed by atoms with Crippen molar-refractivity contribution in [3.63, 3.8) is 0 Å². The maximum Gasteiger partial charge on any atom is 0.282 e. The summed E-state index contributed by atoms with van der Waals surface area (Å²) >= 11 is 0. The van der Waals surface area contributed by atoms with Crippen molar-refractivity contribution >= 4 is 22.6 Å². The number of anilines is 1. The number of primary amides is 1. The Balaban J connectivity index is 1.58. The zero-order valence-electron chi connectivity index (χ0n) is 18.5. The van der Waals surface area contributed by atoms with E-state index in [4.69, 9.17) is 10.5 Å². The van der Waals surface area contributed by atoms with Gasteiger partial charge < -0.3 is 19.9 Å². The average molecular weight is 454 g/mol. The van der Waals surface area contributed by atoms with Crippen LogP contribution in [0, 0.1) is 11.3 Å². The molecule has 1 atom stereocenters. The summed E-state index contributed by atoms with van der Waals surface area (Å²) in [6.07, 6.45) is 4.69. The number of nitrogens with zero attached hydrogens (tertiary/aromatic N) is 5. The van der Waals surface area contributed by atoms with E-state index in [2.05, 4.69) is 11.1 Å². The monoisotopic (exact) mass is 454 g/mol. The van der Waals surface area contributed by atoms with Gasteiger partial charge in [-0.1, -0.05) is 0 Å². The van der Waals surface area contributed by atoms with Gasteiger partial charge in [0.15, 0.2) is 0 Å². The molecule has 0 spiro atoms. The number of rotatable bonds is 5. The zero-order valence-corrected chi connectivity index (χ0v) is 18.5. The average Bonchev–Trinajstić information content (AvgIpc) is 3.50. The number of nitriles is 1. The Morgan fingerprint density at radius 1 is 1.09 bits per heavy atom. The second-order valence-electron chi connectivity index (χ2n) is 8.11. The molecule has 9 nitrogen and oxygen atoms in total. The minimum absolute atomic E-state index is 0.300. The molecule has 0 aliphatic carbocycles. The lowest BCUT2D eigenvalue weighted by molar-refractivity contribution is -0.119. The van der Waals surface area contributed by atoms with Gasteiger partial charge in [0.1, 0.15) is 35.2 Å². The molecule has 5 rings (SSSR count). The smallest absolute Gasteiger partial charge is 0.282 e. The Labute approximate surface area is 195 Å². The number of fused-ring (bicyclic) bond motifs is 1. The van der Waals surface area contributed by atoms with Crippen molar-refractivity contribution < 1.29 is 9.53 Å². The van der Waals surface area contributed by atoms with Crippen LogP contribution in [-0.2, 0) is 4.79 Å². The van der Waals surface area contributed by atoms with E-state index in [1.54, 1.807) is 30.0 Å². The van der Waals surface area contributed by atoms with E-state index in [0.717, 1.165) is 25.1 Å². The van der Waals surface area contributed by atoms with Crippen molar-refractivity contribution in [2.75, 3.05) is 18.6 Å². The lowest BCUT2D eigenvalue weighted by atomic mass is 10.2. The molecule has 2 aromatic carbocycles. The minimum Gasteiger partial charge on any atom is -0.497 e. The van der Waals surface area contributed by atoms with Gasteiger partial charge in [0.25, 0.3) is 5.56 Å². The fourth-order valence-corrected chi connectivity index (χ4v) is 4.50. The number of methoxy groups -OCH3 is 1. The van der Waals surface area contributed by atoms with Crippen LogP contribution < -0.4 is 20.9 Å². The molecular formula is C25H22N6O3. The zero-order chi connectivity index (χ0) is 23.8. The van der Waals surface area contributed by atoms with Crippen LogP contribution in [0.15, 0.2) is 65.8 Å². The van der Waals surface area contributed by atoms with Crippen molar-refractivity contribution in [3.8, 4) is 23.2 Å². The molecule has 1 aliphatic heterocycles. The highest BCUT2D eigenvalue weighted by atomic mass is 16.5. The number of carbonyl (C=O) groups excluding carboxylic acids is 1.